The zero-order chi connectivity index (χ0) is 10.7. The van der Waals surface area contributed by atoms with Gasteiger partial charge in [-0.1, -0.05) is 0 Å². The van der Waals surface area contributed by atoms with Gasteiger partial charge in [-0.25, -0.2) is 0 Å². The molecule has 2 N–H and O–H groups in total. The molecule has 2 aliphatic rings. The van der Waals surface area contributed by atoms with Gasteiger partial charge < -0.3 is 15.5 Å². The molecule has 2 unspecified atom stereocenters. The van der Waals surface area contributed by atoms with Crippen molar-refractivity contribution < 1.29 is 0 Å². The smallest absolute Gasteiger partial charge is 0.0109 e. The van der Waals surface area contributed by atoms with E-state index in [2.05, 4.69) is 16.7 Å². The van der Waals surface area contributed by atoms with Gasteiger partial charge in [0.15, 0.2) is 0 Å². The van der Waals surface area contributed by atoms with Crippen LogP contribution in [-0.2, 0) is 0 Å². The first-order valence-corrected chi connectivity index (χ1v) is 6.46. The van der Waals surface area contributed by atoms with Gasteiger partial charge in [0.2, 0.25) is 0 Å². The minimum atomic E-state index is 0.377. The molecule has 2 heterocycles. The van der Waals surface area contributed by atoms with Crippen LogP contribution < -0.4 is 5.73 Å². The van der Waals surface area contributed by atoms with Crippen LogP contribution in [-0.4, -0.2) is 55.1 Å². The summed E-state index contributed by atoms with van der Waals surface area (Å²) in [5.41, 5.74) is 5.94. The molecule has 0 spiro atoms. The predicted molar refractivity (Wildman–Crippen MR) is 63.9 cm³/mol. The third-order valence-corrected chi connectivity index (χ3v) is 3.98. The summed E-state index contributed by atoms with van der Waals surface area (Å²) in [7, 11) is 0. The maximum absolute atomic E-state index is 5.94. The normalized spacial score (nSPS) is 31.2. The van der Waals surface area contributed by atoms with Crippen molar-refractivity contribution in [1.82, 2.24) is 9.80 Å². The van der Waals surface area contributed by atoms with Crippen LogP contribution in [0.5, 0.6) is 0 Å². The van der Waals surface area contributed by atoms with Crippen LogP contribution in [0.25, 0.3) is 0 Å². The van der Waals surface area contributed by atoms with Crippen molar-refractivity contribution >= 4 is 0 Å². The van der Waals surface area contributed by atoms with E-state index in [1.807, 2.05) is 0 Å². The number of nitrogens with zero attached hydrogens (tertiary/aromatic N) is 2. The van der Waals surface area contributed by atoms with Gasteiger partial charge in [-0.2, -0.15) is 0 Å². The van der Waals surface area contributed by atoms with Gasteiger partial charge in [-0.3, -0.25) is 0 Å². The molecule has 0 amide bonds. The minimum absolute atomic E-state index is 0.377. The summed E-state index contributed by atoms with van der Waals surface area (Å²) >= 11 is 0. The SMILES string of the molecule is CC(N)C1CCN(CCN2CCCC2)C1. The minimum Gasteiger partial charge on any atom is -0.328 e. The number of hydrogen-bond donors (Lipinski definition) is 1. The van der Waals surface area contributed by atoms with E-state index in [-0.39, 0.29) is 0 Å². The van der Waals surface area contributed by atoms with E-state index in [0.717, 1.165) is 5.92 Å². The largest absolute Gasteiger partial charge is 0.328 e. The molecule has 0 aromatic carbocycles. The maximum atomic E-state index is 5.94. The van der Waals surface area contributed by atoms with Crippen LogP contribution in [0, 0.1) is 5.92 Å². The van der Waals surface area contributed by atoms with Crippen LogP contribution in [0.4, 0.5) is 0 Å². The van der Waals surface area contributed by atoms with Gasteiger partial charge in [0, 0.05) is 25.7 Å². The summed E-state index contributed by atoms with van der Waals surface area (Å²) in [6, 6.07) is 0.377. The third kappa shape index (κ3) is 3.16. The first-order valence-electron chi connectivity index (χ1n) is 6.46. The molecule has 2 atom stereocenters. The van der Waals surface area contributed by atoms with Crippen LogP contribution >= 0.6 is 0 Å². The number of hydrogen-bond acceptors (Lipinski definition) is 3. The Morgan fingerprint density at radius 2 is 1.80 bits per heavy atom. The summed E-state index contributed by atoms with van der Waals surface area (Å²) in [6.45, 7) is 9.81. The van der Waals surface area contributed by atoms with Gasteiger partial charge in [0.25, 0.3) is 0 Å². The molecule has 0 aromatic rings. The van der Waals surface area contributed by atoms with Crippen LogP contribution in [0.3, 0.4) is 0 Å². The standard InChI is InChI=1S/C12H25N3/c1-11(13)12-4-7-15(10-12)9-8-14-5-2-3-6-14/h11-12H,2-10,13H2,1H3. The molecule has 0 radical (unpaired) electrons. The summed E-state index contributed by atoms with van der Waals surface area (Å²) in [5, 5.41) is 0. The number of rotatable bonds is 4. The topological polar surface area (TPSA) is 32.5 Å². The predicted octanol–water partition coefficient (Wildman–Crippen LogP) is 0.751. The Morgan fingerprint density at radius 3 is 2.40 bits per heavy atom. The van der Waals surface area contributed by atoms with E-state index >= 15 is 0 Å². The van der Waals surface area contributed by atoms with Crippen molar-refractivity contribution in [3.63, 3.8) is 0 Å². The zero-order valence-corrected chi connectivity index (χ0v) is 9.99. The molecule has 88 valence electrons. The Labute approximate surface area is 93.6 Å². The van der Waals surface area contributed by atoms with E-state index in [1.54, 1.807) is 0 Å². The first-order chi connectivity index (χ1) is 7.25. The molecule has 2 saturated heterocycles. The molecule has 3 heteroatoms. The molecule has 2 fully saturated rings. The maximum Gasteiger partial charge on any atom is 0.0109 e. The van der Waals surface area contributed by atoms with Crippen molar-refractivity contribution in [3.05, 3.63) is 0 Å². The average Bonchev–Trinajstić information content (AvgIpc) is 2.86. The molecular formula is C12H25N3. The Morgan fingerprint density at radius 1 is 1.13 bits per heavy atom. The zero-order valence-electron chi connectivity index (χ0n) is 9.99. The Hall–Kier alpha value is -0.120. The van der Waals surface area contributed by atoms with Crippen molar-refractivity contribution in [3.8, 4) is 0 Å². The second-order valence-electron chi connectivity index (χ2n) is 5.26. The molecule has 0 bridgehead atoms. The molecule has 2 aliphatic heterocycles. The van der Waals surface area contributed by atoms with Crippen molar-refractivity contribution in [1.29, 1.82) is 0 Å². The molecule has 3 nitrogen and oxygen atoms in total. The third-order valence-electron chi connectivity index (χ3n) is 3.98. The van der Waals surface area contributed by atoms with Crippen LogP contribution in [0.2, 0.25) is 0 Å². The summed E-state index contributed by atoms with van der Waals surface area (Å²) in [6.07, 6.45) is 4.11. The second kappa shape index (κ2) is 5.28. The number of likely N-dealkylation sites (tertiary alicyclic amines) is 2. The highest BCUT2D eigenvalue weighted by molar-refractivity contribution is 4.81. The van der Waals surface area contributed by atoms with E-state index in [0.29, 0.717) is 6.04 Å². The first kappa shape index (κ1) is 11.4. The quantitative estimate of drug-likeness (QED) is 0.745. The Bertz CT molecular complexity index is 187. The molecule has 15 heavy (non-hydrogen) atoms. The van der Waals surface area contributed by atoms with E-state index in [4.69, 9.17) is 5.73 Å². The van der Waals surface area contributed by atoms with Crippen LogP contribution in [0.1, 0.15) is 26.2 Å². The van der Waals surface area contributed by atoms with E-state index in [9.17, 15) is 0 Å². The van der Waals surface area contributed by atoms with E-state index < -0.39 is 0 Å². The van der Waals surface area contributed by atoms with Crippen molar-refractivity contribution in [2.24, 2.45) is 11.7 Å². The van der Waals surface area contributed by atoms with Gasteiger partial charge in [-0.05, 0) is 51.7 Å². The Kier molecular flexibility index (Phi) is 4.00. The summed E-state index contributed by atoms with van der Waals surface area (Å²) < 4.78 is 0. The lowest BCUT2D eigenvalue weighted by Crippen LogP contribution is -2.34. The van der Waals surface area contributed by atoms with Gasteiger partial charge in [0.05, 0.1) is 0 Å². The molecular weight excluding hydrogens is 186 g/mol. The number of nitrogens with two attached hydrogens (primary N) is 1. The van der Waals surface area contributed by atoms with Gasteiger partial charge >= 0.3 is 0 Å². The van der Waals surface area contributed by atoms with Gasteiger partial charge in [-0.15, -0.1) is 0 Å². The second-order valence-corrected chi connectivity index (χ2v) is 5.26. The van der Waals surface area contributed by atoms with Gasteiger partial charge in [0.1, 0.15) is 0 Å². The van der Waals surface area contributed by atoms with Crippen molar-refractivity contribution in [2.75, 3.05) is 39.3 Å². The fourth-order valence-electron chi connectivity index (χ4n) is 2.78. The average molecular weight is 211 g/mol. The molecule has 0 aromatic heterocycles. The highest BCUT2D eigenvalue weighted by atomic mass is 15.2. The summed E-state index contributed by atoms with van der Waals surface area (Å²) in [4.78, 5) is 5.19. The molecule has 2 rings (SSSR count). The van der Waals surface area contributed by atoms with Crippen LogP contribution in [0.15, 0.2) is 0 Å². The lowest BCUT2D eigenvalue weighted by atomic mass is 10.0. The Balaban J connectivity index is 1.64. The summed E-state index contributed by atoms with van der Waals surface area (Å²) in [5.74, 6) is 0.739. The molecule has 0 saturated carbocycles. The lowest BCUT2D eigenvalue weighted by Gasteiger charge is -2.21. The lowest BCUT2D eigenvalue weighted by molar-refractivity contribution is 0.249. The highest BCUT2D eigenvalue weighted by Gasteiger charge is 2.25. The van der Waals surface area contributed by atoms with E-state index in [1.165, 1.54) is 58.5 Å². The fraction of sp³-hybridized carbons (Fsp3) is 1.00. The highest BCUT2D eigenvalue weighted by Crippen LogP contribution is 2.18. The monoisotopic (exact) mass is 211 g/mol. The molecule has 0 aliphatic carbocycles. The fourth-order valence-corrected chi connectivity index (χ4v) is 2.78. The van der Waals surface area contributed by atoms with Crippen molar-refractivity contribution in [2.45, 2.75) is 32.2 Å².